The Morgan fingerprint density at radius 1 is 1.22 bits per heavy atom. The fraction of sp³-hybridized carbons (Fsp3) is 0.500. The van der Waals surface area contributed by atoms with E-state index in [1.54, 1.807) is 0 Å². The molecular formula is C14H22N4. The molecule has 2 rings (SSSR count). The van der Waals surface area contributed by atoms with E-state index in [2.05, 4.69) is 35.7 Å². The summed E-state index contributed by atoms with van der Waals surface area (Å²) in [6.45, 7) is 7.32. The van der Waals surface area contributed by atoms with Crippen molar-refractivity contribution in [2.45, 2.75) is 19.4 Å². The highest BCUT2D eigenvalue weighted by atomic mass is 15.3. The molecule has 1 aliphatic heterocycles. The smallest absolute Gasteiger partial charge is 0.196 e. The van der Waals surface area contributed by atoms with Gasteiger partial charge in [-0.1, -0.05) is 18.2 Å². The first kappa shape index (κ1) is 12.9. The molecule has 0 atom stereocenters. The van der Waals surface area contributed by atoms with Crippen molar-refractivity contribution in [1.29, 1.82) is 0 Å². The number of nitrogens with zero attached hydrogens (tertiary/aromatic N) is 3. The molecule has 98 valence electrons. The van der Waals surface area contributed by atoms with Crippen LogP contribution in [0.5, 0.6) is 0 Å². The summed E-state index contributed by atoms with van der Waals surface area (Å²) in [6, 6.07) is 9.86. The van der Waals surface area contributed by atoms with Gasteiger partial charge in [-0.05, 0) is 33.0 Å². The number of hydrogen-bond acceptors (Lipinski definition) is 2. The molecule has 4 heteroatoms. The Bertz CT molecular complexity index is 425. The zero-order valence-electron chi connectivity index (χ0n) is 11.4. The van der Waals surface area contributed by atoms with Crippen molar-refractivity contribution in [1.82, 2.24) is 9.80 Å². The molecule has 1 aromatic carbocycles. The maximum atomic E-state index is 6.10. The molecule has 1 saturated heterocycles. The first-order valence-electron chi connectivity index (χ1n) is 6.34. The van der Waals surface area contributed by atoms with Gasteiger partial charge in [-0.3, -0.25) is 4.90 Å². The Morgan fingerprint density at radius 3 is 2.50 bits per heavy atom. The van der Waals surface area contributed by atoms with Crippen LogP contribution in [0.3, 0.4) is 0 Å². The van der Waals surface area contributed by atoms with E-state index in [9.17, 15) is 0 Å². The summed E-state index contributed by atoms with van der Waals surface area (Å²) in [7, 11) is 2.15. The van der Waals surface area contributed by atoms with E-state index in [4.69, 9.17) is 5.73 Å². The molecule has 0 amide bonds. The normalized spacial score (nSPS) is 21.1. The first-order chi connectivity index (χ1) is 8.49. The molecule has 1 heterocycles. The highest BCUT2D eigenvalue weighted by Gasteiger charge is 2.31. The number of rotatable bonds is 1. The monoisotopic (exact) mass is 246 g/mol. The Kier molecular flexibility index (Phi) is 3.57. The van der Waals surface area contributed by atoms with Gasteiger partial charge in [0.05, 0.1) is 5.69 Å². The number of aliphatic imine (C=N–C) groups is 1. The molecule has 0 unspecified atom stereocenters. The van der Waals surface area contributed by atoms with Gasteiger partial charge in [0.25, 0.3) is 0 Å². The molecule has 0 spiro atoms. The number of para-hydroxylation sites is 1. The van der Waals surface area contributed by atoms with Crippen molar-refractivity contribution in [2.75, 3.05) is 26.7 Å². The zero-order chi connectivity index (χ0) is 13.2. The molecular weight excluding hydrogens is 224 g/mol. The standard InChI is InChI=1S/C14H22N4/c1-14(2)11-18(10-9-17(14)3)13(15)16-12-7-5-4-6-8-12/h4-8H,9-11H2,1-3H3,(H2,15,16). The predicted octanol–water partition coefficient (Wildman–Crippen LogP) is 1.66. The fourth-order valence-electron chi connectivity index (χ4n) is 2.14. The summed E-state index contributed by atoms with van der Waals surface area (Å²) < 4.78 is 0. The van der Waals surface area contributed by atoms with E-state index in [0.29, 0.717) is 5.96 Å². The third kappa shape index (κ3) is 2.82. The van der Waals surface area contributed by atoms with Crippen molar-refractivity contribution >= 4 is 11.6 Å². The lowest BCUT2D eigenvalue weighted by Gasteiger charge is -2.45. The summed E-state index contributed by atoms with van der Waals surface area (Å²) in [4.78, 5) is 9.00. The topological polar surface area (TPSA) is 44.9 Å². The molecule has 0 saturated carbocycles. The molecule has 2 N–H and O–H groups in total. The van der Waals surface area contributed by atoms with Crippen LogP contribution >= 0.6 is 0 Å². The summed E-state index contributed by atoms with van der Waals surface area (Å²) in [5.74, 6) is 0.613. The highest BCUT2D eigenvalue weighted by Crippen LogP contribution is 2.19. The van der Waals surface area contributed by atoms with Gasteiger partial charge in [0, 0.05) is 25.2 Å². The lowest BCUT2D eigenvalue weighted by Crippen LogP contribution is -2.60. The Hall–Kier alpha value is -1.55. The number of piperazine rings is 1. The number of nitrogens with two attached hydrogens (primary N) is 1. The molecule has 18 heavy (non-hydrogen) atoms. The van der Waals surface area contributed by atoms with Crippen LogP contribution in [0.4, 0.5) is 5.69 Å². The van der Waals surface area contributed by atoms with Crippen LogP contribution in [0.15, 0.2) is 35.3 Å². The van der Waals surface area contributed by atoms with Crippen LogP contribution in [0, 0.1) is 0 Å². The van der Waals surface area contributed by atoms with Gasteiger partial charge in [-0.15, -0.1) is 0 Å². The van der Waals surface area contributed by atoms with Crippen LogP contribution in [0.25, 0.3) is 0 Å². The predicted molar refractivity (Wildman–Crippen MR) is 76.0 cm³/mol. The molecule has 1 fully saturated rings. The van der Waals surface area contributed by atoms with Crippen LogP contribution < -0.4 is 5.73 Å². The average molecular weight is 246 g/mol. The number of hydrogen-bond donors (Lipinski definition) is 1. The number of guanidine groups is 1. The molecule has 1 aliphatic rings. The minimum absolute atomic E-state index is 0.134. The molecule has 0 bridgehead atoms. The molecule has 0 aliphatic carbocycles. The van der Waals surface area contributed by atoms with Crippen LogP contribution in [-0.4, -0.2) is 48.0 Å². The maximum Gasteiger partial charge on any atom is 0.196 e. The first-order valence-corrected chi connectivity index (χ1v) is 6.34. The maximum absolute atomic E-state index is 6.10. The van der Waals surface area contributed by atoms with Crippen LogP contribution in [0.1, 0.15) is 13.8 Å². The summed E-state index contributed by atoms with van der Waals surface area (Å²) in [5.41, 5.74) is 7.15. The van der Waals surface area contributed by atoms with E-state index in [-0.39, 0.29) is 5.54 Å². The molecule has 0 radical (unpaired) electrons. The quantitative estimate of drug-likeness (QED) is 0.605. The lowest BCUT2D eigenvalue weighted by atomic mass is 10.00. The molecule has 0 aromatic heterocycles. The average Bonchev–Trinajstić information content (AvgIpc) is 2.34. The second-order valence-electron chi connectivity index (χ2n) is 5.46. The lowest BCUT2D eigenvalue weighted by molar-refractivity contribution is 0.0739. The van der Waals surface area contributed by atoms with E-state index in [1.165, 1.54) is 0 Å². The van der Waals surface area contributed by atoms with Gasteiger partial charge in [0.1, 0.15) is 0 Å². The van der Waals surface area contributed by atoms with Crippen molar-refractivity contribution < 1.29 is 0 Å². The van der Waals surface area contributed by atoms with Gasteiger partial charge in [0.2, 0.25) is 0 Å². The summed E-state index contributed by atoms with van der Waals surface area (Å²) in [5, 5.41) is 0. The van der Waals surface area contributed by atoms with E-state index in [1.807, 2.05) is 30.3 Å². The molecule has 4 nitrogen and oxygen atoms in total. The van der Waals surface area contributed by atoms with Gasteiger partial charge < -0.3 is 10.6 Å². The minimum Gasteiger partial charge on any atom is -0.369 e. The SMILES string of the molecule is CN1CCN(C(N)=Nc2ccccc2)CC1(C)C. The Balaban J connectivity index is 2.11. The van der Waals surface area contributed by atoms with Crippen molar-refractivity contribution in [3.05, 3.63) is 30.3 Å². The van der Waals surface area contributed by atoms with Crippen molar-refractivity contribution in [2.24, 2.45) is 10.7 Å². The second kappa shape index (κ2) is 4.98. The fourth-order valence-corrected chi connectivity index (χ4v) is 2.14. The van der Waals surface area contributed by atoms with Crippen LogP contribution in [0.2, 0.25) is 0 Å². The summed E-state index contributed by atoms with van der Waals surface area (Å²) in [6.07, 6.45) is 0. The molecule has 1 aromatic rings. The van der Waals surface area contributed by atoms with Crippen molar-refractivity contribution in [3.8, 4) is 0 Å². The number of likely N-dealkylation sites (N-methyl/N-ethyl adjacent to an activating group) is 1. The number of benzene rings is 1. The third-order valence-electron chi connectivity index (χ3n) is 3.64. The Morgan fingerprint density at radius 2 is 1.89 bits per heavy atom. The van der Waals surface area contributed by atoms with Crippen molar-refractivity contribution in [3.63, 3.8) is 0 Å². The van der Waals surface area contributed by atoms with Crippen LogP contribution in [-0.2, 0) is 0 Å². The highest BCUT2D eigenvalue weighted by molar-refractivity contribution is 5.81. The van der Waals surface area contributed by atoms with E-state index >= 15 is 0 Å². The minimum atomic E-state index is 0.134. The van der Waals surface area contributed by atoms with Gasteiger partial charge in [-0.2, -0.15) is 0 Å². The second-order valence-corrected chi connectivity index (χ2v) is 5.46. The van der Waals surface area contributed by atoms with Gasteiger partial charge in [-0.25, -0.2) is 4.99 Å². The zero-order valence-corrected chi connectivity index (χ0v) is 11.4. The van der Waals surface area contributed by atoms with E-state index < -0.39 is 0 Å². The third-order valence-corrected chi connectivity index (χ3v) is 3.64. The van der Waals surface area contributed by atoms with Gasteiger partial charge in [0.15, 0.2) is 5.96 Å². The van der Waals surface area contributed by atoms with Gasteiger partial charge >= 0.3 is 0 Å². The Labute approximate surface area is 109 Å². The van der Waals surface area contributed by atoms with E-state index in [0.717, 1.165) is 25.3 Å². The summed E-state index contributed by atoms with van der Waals surface area (Å²) >= 11 is 0. The largest absolute Gasteiger partial charge is 0.369 e.